The van der Waals surface area contributed by atoms with E-state index in [0.717, 1.165) is 12.8 Å². The van der Waals surface area contributed by atoms with Crippen molar-refractivity contribution in [2.75, 3.05) is 19.6 Å². The Morgan fingerprint density at radius 2 is 2.32 bits per heavy atom. The molecule has 2 N–H and O–H groups in total. The normalized spacial score (nSPS) is 17.5. The minimum absolute atomic E-state index is 0.0422. The molecule has 0 saturated carbocycles. The van der Waals surface area contributed by atoms with Gasteiger partial charge in [0, 0.05) is 44.3 Å². The summed E-state index contributed by atoms with van der Waals surface area (Å²) in [6, 6.07) is -0.139. The number of nitrogens with zero attached hydrogens (tertiary/aromatic N) is 4. The highest BCUT2D eigenvalue weighted by atomic mass is 32.1. The second kappa shape index (κ2) is 7.60. The summed E-state index contributed by atoms with van der Waals surface area (Å²) in [6.07, 6.45) is 2.32. The van der Waals surface area contributed by atoms with Gasteiger partial charge in [-0.3, -0.25) is 0 Å². The summed E-state index contributed by atoms with van der Waals surface area (Å²) in [7, 11) is 0. The number of hydrogen-bond acceptors (Lipinski definition) is 7. The Morgan fingerprint density at radius 1 is 1.48 bits per heavy atom. The van der Waals surface area contributed by atoms with E-state index in [4.69, 9.17) is 9.63 Å². The van der Waals surface area contributed by atoms with Gasteiger partial charge >= 0.3 is 12.0 Å². The highest BCUT2D eigenvalue weighted by Gasteiger charge is 2.27. The van der Waals surface area contributed by atoms with Crippen LogP contribution in [-0.2, 0) is 6.42 Å². The van der Waals surface area contributed by atoms with Crippen molar-refractivity contribution in [2.24, 2.45) is 0 Å². The van der Waals surface area contributed by atoms with Gasteiger partial charge in [-0.05, 0) is 12.8 Å². The van der Waals surface area contributed by atoms with E-state index < -0.39 is 5.97 Å². The van der Waals surface area contributed by atoms with E-state index in [0.29, 0.717) is 42.8 Å². The Labute approximate surface area is 148 Å². The second-order valence-corrected chi connectivity index (χ2v) is 6.81. The Morgan fingerprint density at radius 3 is 3.00 bits per heavy atom. The van der Waals surface area contributed by atoms with Crippen LogP contribution in [0.5, 0.6) is 0 Å². The standard InChI is InChI=1S/C15H19N5O4S/c1-9-17-13(19-24-9)10-3-2-6-20(7-10)15(23)16-5-4-12-18-11(8-25-12)14(21)22/h8,10H,2-7H2,1H3,(H,16,23)(H,21,22)/t10-/m1/s1. The van der Waals surface area contributed by atoms with Gasteiger partial charge in [-0.15, -0.1) is 11.3 Å². The van der Waals surface area contributed by atoms with Crippen LogP contribution in [0.1, 0.15) is 46.0 Å². The van der Waals surface area contributed by atoms with Crippen molar-refractivity contribution in [3.05, 3.63) is 27.8 Å². The fourth-order valence-electron chi connectivity index (χ4n) is 2.77. The third-order valence-corrected chi connectivity index (χ3v) is 4.91. The number of nitrogens with one attached hydrogen (secondary N) is 1. The van der Waals surface area contributed by atoms with E-state index in [1.54, 1.807) is 11.8 Å². The Bertz CT molecular complexity index is 759. The van der Waals surface area contributed by atoms with Gasteiger partial charge in [0.15, 0.2) is 11.5 Å². The number of carbonyl (C=O) groups excluding carboxylic acids is 1. The number of rotatable bonds is 5. The lowest BCUT2D eigenvalue weighted by Crippen LogP contribution is -2.45. The van der Waals surface area contributed by atoms with Crippen LogP contribution in [0.3, 0.4) is 0 Å². The molecular weight excluding hydrogens is 346 g/mol. The van der Waals surface area contributed by atoms with Crippen molar-refractivity contribution < 1.29 is 19.2 Å². The predicted molar refractivity (Wildman–Crippen MR) is 88.8 cm³/mol. The zero-order valence-corrected chi connectivity index (χ0v) is 14.6. The third kappa shape index (κ3) is 4.32. The number of urea groups is 1. The molecule has 0 bridgehead atoms. The van der Waals surface area contributed by atoms with Gasteiger partial charge in [-0.25, -0.2) is 14.6 Å². The molecule has 2 aromatic heterocycles. The molecule has 3 rings (SSSR count). The first-order chi connectivity index (χ1) is 12.0. The largest absolute Gasteiger partial charge is 0.476 e. The van der Waals surface area contributed by atoms with Crippen LogP contribution in [0, 0.1) is 6.92 Å². The van der Waals surface area contributed by atoms with Gasteiger partial charge in [-0.1, -0.05) is 5.16 Å². The second-order valence-electron chi connectivity index (χ2n) is 5.87. The van der Waals surface area contributed by atoms with Crippen LogP contribution in [0.15, 0.2) is 9.90 Å². The Hall–Kier alpha value is -2.49. The lowest BCUT2D eigenvalue weighted by atomic mass is 9.98. The van der Waals surface area contributed by atoms with Crippen molar-refractivity contribution in [3.8, 4) is 0 Å². The van der Waals surface area contributed by atoms with Gasteiger partial charge in [0.1, 0.15) is 0 Å². The minimum Gasteiger partial charge on any atom is -0.476 e. The maximum atomic E-state index is 12.3. The maximum Gasteiger partial charge on any atom is 0.355 e. The number of likely N-dealkylation sites (tertiary alicyclic amines) is 1. The molecule has 1 aliphatic rings. The molecule has 2 aromatic rings. The highest BCUT2D eigenvalue weighted by molar-refractivity contribution is 7.09. The summed E-state index contributed by atoms with van der Waals surface area (Å²) in [5.74, 6) is 0.233. The highest BCUT2D eigenvalue weighted by Crippen LogP contribution is 2.24. The van der Waals surface area contributed by atoms with E-state index in [1.807, 2.05) is 0 Å². The van der Waals surface area contributed by atoms with E-state index in [-0.39, 0.29) is 17.6 Å². The van der Waals surface area contributed by atoms with Crippen LogP contribution in [0.25, 0.3) is 0 Å². The van der Waals surface area contributed by atoms with E-state index in [9.17, 15) is 9.59 Å². The number of aromatic nitrogens is 3. The molecule has 3 heterocycles. The average molecular weight is 365 g/mol. The van der Waals surface area contributed by atoms with Crippen LogP contribution in [0.4, 0.5) is 4.79 Å². The number of aromatic carboxylic acids is 1. The number of carboxylic acid groups (broad SMARTS) is 1. The predicted octanol–water partition coefficient (Wildman–Crippen LogP) is 1.66. The number of carbonyl (C=O) groups is 2. The summed E-state index contributed by atoms with van der Waals surface area (Å²) in [6.45, 7) is 3.41. The molecule has 0 aliphatic carbocycles. The SMILES string of the molecule is Cc1nc([C@@H]2CCCN(C(=O)NCCc3nc(C(=O)O)cs3)C2)no1. The van der Waals surface area contributed by atoms with Crippen LogP contribution < -0.4 is 5.32 Å². The van der Waals surface area contributed by atoms with E-state index in [1.165, 1.54) is 16.7 Å². The molecule has 2 amide bonds. The van der Waals surface area contributed by atoms with Gasteiger partial charge in [0.2, 0.25) is 5.89 Å². The van der Waals surface area contributed by atoms with Gasteiger partial charge in [0.25, 0.3) is 0 Å². The zero-order chi connectivity index (χ0) is 17.8. The molecule has 9 nitrogen and oxygen atoms in total. The molecule has 0 unspecified atom stereocenters. The molecule has 1 fully saturated rings. The van der Waals surface area contributed by atoms with E-state index >= 15 is 0 Å². The van der Waals surface area contributed by atoms with Crippen molar-refractivity contribution in [3.63, 3.8) is 0 Å². The number of aryl methyl sites for hydroxylation is 1. The van der Waals surface area contributed by atoms with Crippen LogP contribution in [0.2, 0.25) is 0 Å². The molecule has 10 heteroatoms. The van der Waals surface area contributed by atoms with Crippen molar-refractivity contribution in [2.45, 2.75) is 32.1 Å². The first-order valence-corrected chi connectivity index (χ1v) is 8.91. The molecule has 0 aromatic carbocycles. The fraction of sp³-hybridized carbons (Fsp3) is 0.533. The number of thiazole rings is 1. The Kier molecular flexibility index (Phi) is 5.27. The molecule has 134 valence electrons. The first-order valence-electron chi connectivity index (χ1n) is 8.03. The molecule has 0 spiro atoms. The summed E-state index contributed by atoms with van der Waals surface area (Å²) in [5, 5.41) is 17.9. The van der Waals surface area contributed by atoms with Gasteiger partial charge < -0.3 is 19.8 Å². The lowest BCUT2D eigenvalue weighted by molar-refractivity contribution is 0.0691. The van der Waals surface area contributed by atoms with Crippen molar-refractivity contribution in [1.29, 1.82) is 0 Å². The summed E-state index contributed by atoms with van der Waals surface area (Å²) in [4.78, 5) is 33.1. The molecule has 1 atom stereocenters. The minimum atomic E-state index is -1.04. The van der Waals surface area contributed by atoms with Gasteiger partial charge in [0.05, 0.1) is 5.01 Å². The van der Waals surface area contributed by atoms with Crippen LogP contribution in [-0.4, -0.2) is 56.8 Å². The quantitative estimate of drug-likeness (QED) is 0.826. The molecule has 25 heavy (non-hydrogen) atoms. The number of piperidine rings is 1. The number of carboxylic acids is 1. The first kappa shape index (κ1) is 17.3. The smallest absolute Gasteiger partial charge is 0.355 e. The lowest BCUT2D eigenvalue weighted by Gasteiger charge is -2.31. The number of hydrogen-bond donors (Lipinski definition) is 2. The maximum absolute atomic E-state index is 12.3. The summed E-state index contributed by atoms with van der Waals surface area (Å²) in [5.41, 5.74) is 0.0422. The van der Waals surface area contributed by atoms with Crippen LogP contribution >= 0.6 is 11.3 Å². The van der Waals surface area contributed by atoms with Crippen molar-refractivity contribution >= 4 is 23.3 Å². The summed E-state index contributed by atoms with van der Waals surface area (Å²) < 4.78 is 5.02. The molecule has 0 radical (unpaired) electrons. The average Bonchev–Trinajstić information content (AvgIpc) is 3.24. The van der Waals surface area contributed by atoms with E-state index in [2.05, 4.69) is 20.4 Å². The number of amides is 2. The van der Waals surface area contributed by atoms with Crippen molar-refractivity contribution in [1.82, 2.24) is 25.3 Å². The molecular formula is C15H19N5O4S. The Balaban J connectivity index is 1.48. The molecule has 1 aliphatic heterocycles. The van der Waals surface area contributed by atoms with Gasteiger partial charge in [-0.2, -0.15) is 4.98 Å². The third-order valence-electron chi connectivity index (χ3n) is 4.00. The topological polar surface area (TPSA) is 121 Å². The monoisotopic (exact) mass is 365 g/mol. The molecule has 1 saturated heterocycles. The fourth-order valence-corrected chi connectivity index (χ4v) is 3.54. The summed E-state index contributed by atoms with van der Waals surface area (Å²) >= 11 is 1.28. The zero-order valence-electron chi connectivity index (χ0n) is 13.8.